The second-order valence-electron chi connectivity index (χ2n) is 5.64. The van der Waals surface area contributed by atoms with Gasteiger partial charge in [-0.3, -0.25) is 4.79 Å². The molecule has 0 spiro atoms. The third-order valence-electron chi connectivity index (χ3n) is 3.82. The Bertz CT molecular complexity index is 709. The van der Waals surface area contributed by atoms with Crippen LogP contribution in [0.15, 0.2) is 30.7 Å². The lowest BCUT2D eigenvalue weighted by Gasteiger charge is -2.36. The number of nitrogens with one attached hydrogen (secondary N) is 1. The van der Waals surface area contributed by atoms with Gasteiger partial charge in [0.1, 0.15) is 12.2 Å². The number of aromatic nitrogens is 2. The smallest absolute Gasteiger partial charge is 0.322 e. The first-order valence-corrected chi connectivity index (χ1v) is 7.33. The third-order valence-corrected chi connectivity index (χ3v) is 3.82. The molecular formula is C15H19N5O2. The van der Waals surface area contributed by atoms with Gasteiger partial charge >= 0.3 is 6.03 Å². The van der Waals surface area contributed by atoms with Gasteiger partial charge in [0.15, 0.2) is 0 Å². The van der Waals surface area contributed by atoms with Gasteiger partial charge in [0, 0.05) is 49.5 Å². The van der Waals surface area contributed by atoms with E-state index in [1.165, 1.54) is 4.90 Å². The summed E-state index contributed by atoms with van der Waals surface area (Å²) in [5, 5.41) is 2.82. The lowest BCUT2D eigenvalue weighted by atomic mass is 10.2. The molecule has 7 nitrogen and oxygen atoms in total. The van der Waals surface area contributed by atoms with Crippen molar-refractivity contribution in [2.24, 2.45) is 0 Å². The first-order chi connectivity index (χ1) is 10.5. The minimum Gasteiger partial charge on any atom is -0.337 e. The maximum absolute atomic E-state index is 12.3. The molecule has 1 fully saturated rings. The van der Waals surface area contributed by atoms with Gasteiger partial charge in [-0.2, -0.15) is 0 Å². The zero-order valence-electron chi connectivity index (χ0n) is 12.7. The molecule has 0 aromatic carbocycles. The molecule has 2 aromatic heterocycles. The average Bonchev–Trinajstić information content (AvgIpc) is 2.94. The van der Waals surface area contributed by atoms with Gasteiger partial charge < -0.3 is 19.5 Å². The predicted molar refractivity (Wildman–Crippen MR) is 82.6 cm³/mol. The van der Waals surface area contributed by atoms with Crippen molar-refractivity contribution in [3.63, 3.8) is 0 Å². The summed E-state index contributed by atoms with van der Waals surface area (Å²) in [7, 11) is 0. The summed E-state index contributed by atoms with van der Waals surface area (Å²) in [5.41, 5.74) is 1.43. The average molecular weight is 301 g/mol. The lowest BCUT2D eigenvalue weighted by Crippen LogP contribution is -2.55. The van der Waals surface area contributed by atoms with Crippen LogP contribution in [0.2, 0.25) is 0 Å². The standard InChI is InChI=1S/C15H19N5O2/c1-11(2)20-8-7-19(10-14(20)21)15(22)17-12-3-5-18-6-4-16-13(18)9-12/h3-6,9,11H,7-8,10H2,1-2H3,(H,17,22). The van der Waals surface area contributed by atoms with Gasteiger partial charge in [0.2, 0.25) is 5.91 Å². The van der Waals surface area contributed by atoms with Gasteiger partial charge in [-0.05, 0) is 19.9 Å². The molecule has 2 aromatic rings. The number of rotatable bonds is 2. The van der Waals surface area contributed by atoms with Crippen LogP contribution in [-0.4, -0.2) is 56.8 Å². The topological polar surface area (TPSA) is 69.9 Å². The molecule has 1 saturated heterocycles. The monoisotopic (exact) mass is 301 g/mol. The maximum Gasteiger partial charge on any atom is 0.322 e. The lowest BCUT2D eigenvalue weighted by molar-refractivity contribution is -0.136. The second-order valence-corrected chi connectivity index (χ2v) is 5.64. The Morgan fingerprint density at radius 1 is 1.32 bits per heavy atom. The fourth-order valence-electron chi connectivity index (χ4n) is 2.60. The number of fused-ring (bicyclic) bond motifs is 1. The molecule has 0 unspecified atom stereocenters. The molecule has 0 atom stereocenters. The molecule has 1 aliphatic rings. The molecule has 116 valence electrons. The van der Waals surface area contributed by atoms with E-state index in [0.717, 1.165) is 5.65 Å². The summed E-state index contributed by atoms with van der Waals surface area (Å²) in [6, 6.07) is 3.51. The van der Waals surface area contributed by atoms with Crippen molar-refractivity contribution in [2.45, 2.75) is 19.9 Å². The van der Waals surface area contributed by atoms with Crippen molar-refractivity contribution < 1.29 is 9.59 Å². The van der Waals surface area contributed by atoms with E-state index in [9.17, 15) is 9.59 Å². The number of amides is 3. The summed E-state index contributed by atoms with van der Waals surface area (Å²) >= 11 is 0. The molecular weight excluding hydrogens is 282 g/mol. The van der Waals surface area contributed by atoms with Crippen molar-refractivity contribution in [2.75, 3.05) is 25.0 Å². The summed E-state index contributed by atoms with van der Waals surface area (Å²) < 4.78 is 1.86. The number of piperazine rings is 1. The Morgan fingerprint density at radius 2 is 2.14 bits per heavy atom. The van der Waals surface area contributed by atoms with Crippen LogP contribution in [0, 0.1) is 0 Å². The highest BCUT2D eigenvalue weighted by molar-refractivity contribution is 5.93. The molecule has 0 radical (unpaired) electrons. The summed E-state index contributed by atoms with van der Waals surface area (Å²) in [4.78, 5) is 31.8. The largest absolute Gasteiger partial charge is 0.337 e. The molecule has 0 bridgehead atoms. The van der Waals surface area contributed by atoms with E-state index in [4.69, 9.17) is 0 Å². The van der Waals surface area contributed by atoms with E-state index in [1.807, 2.05) is 30.6 Å². The molecule has 1 aliphatic heterocycles. The fourth-order valence-corrected chi connectivity index (χ4v) is 2.60. The van der Waals surface area contributed by atoms with E-state index in [0.29, 0.717) is 18.8 Å². The SMILES string of the molecule is CC(C)N1CCN(C(=O)Nc2ccn3ccnc3c2)CC1=O. The van der Waals surface area contributed by atoms with Gasteiger partial charge in [-0.25, -0.2) is 9.78 Å². The summed E-state index contributed by atoms with van der Waals surface area (Å²) in [6.07, 6.45) is 5.37. The maximum atomic E-state index is 12.3. The van der Waals surface area contributed by atoms with Crippen LogP contribution < -0.4 is 5.32 Å². The number of hydrogen-bond donors (Lipinski definition) is 1. The minimum absolute atomic E-state index is 0.0138. The van der Waals surface area contributed by atoms with Crippen molar-refractivity contribution in [3.05, 3.63) is 30.7 Å². The third kappa shape index (κ3) is 2.74. The molecule has 3 rings (SSSR count). The van der Waals surface area contributed by atoms with Crippen LogP contribution >= 0.6 is 0 Å². The highest BCUT2D eigenvalue weighted by atomic mass is 16.2. The van der Waals surface area contributed by atoms with Gasteiger partial charge in [-0.1, -0.05) is 0 Å². The van der Waals surface area contributed by atoms with E-state index in [-0.39, 0.29) is 24.5 Å². The Labute approximate surface area is 128 Å². The molecule has 0 saturated carbocycles. The Morgan fingerprint density at radius 3 is 2.86 bits per heavy atom. The number of imidazole rings is 1. The molecule has 3 heterocycles. The Hall–Kier alpha value is -2.57. The van der Waals surface area contributed by atoms with Crippen molar-refractivity contribution >= 4 is 23.3 Å². The van der Waals surface area contributed by atoms with Crippen LogP contribution in [0.1, 0.15) is 13.8 Å². The number of carbonyl (C=O) groups excluding carboxylic acids is 2. The number of carbonyl (C=O) groups is 2. The fraction of sp³-hybridized carbons (Fsp3) is 0.400. The van der Waals surface area contributed by atoms with Crippen LogP contribution in [0.3, 0.4) is 0 Å². The number of nitrogens with zero attached hydrogens (tertiary/aromatic N) is 4. The summed E-state index contributed by atoms with van der Waals surface area (Å²) in [6.45, 7) is 5.20. The van der Waals surface area contributed by atoms with Gasteiger partial charge in [-0.15, -0.1) is 0 Å². The highest BCUT2D eigenvalue weighted by Crippen LogP contribution is 2.13. The first-order valence-electron chi connectivity index (χ1n) is 7.33. The quantitative estimate of drug-likeness (QED) is 0.912. The van der Waals surface area contributed by atoms with Crippen molar-refractivity contribution in [1.82, 2.24) is 19.2 Å². The number of urea groups is 1. The van der Waals surface area contributed by atoms with Gasteiger partial charge in [0.05, 0.1) is 0 Å². The molecule has 1 N–H and O–H groups in total. The zero-order chi connectivity index (χ0) is 15.7. The predicted octanol–water partition coefficient (Wildman–Crippen LogP) is 1.42. The Balaban J connectivity index is 1.66. The second kappa shape index (κ2) is 5.67. The van der Waals surface area contributed by atoms with E-state index < -0.39 is 0 Å². The van der Waals surface area contributed by atoms with Crippen molar-refractivity contribution in [1.29, 1.82) is 0 Å². The molecule has 7 heteroatoms. The minimum atomic E-state index is -0.257. The molecule has 0 aliphatic carbocycles. The van der Waals surface area contributed by atoms with Crippen LogP contribution in [0.5, 0.6) is 0 Å². The molecule has 3 amide bonds. The summed E-state index contributed by atoms with van der Waals surface area (Å²) in [5.74, 6) is -0.0138. The van der Waals surface area contributed by atoms with E-state index in [2.05, 4.69) is 10.3 Å². The number of hydrogen-bond acceptors (Lipinski definition) is 3. The van der Waals surface area contributed by atoms with Crippen LogP contribution in [-0.2, 0) is 4.79 Å². The van der Waals surface area contributed by atoms with E-state index in [1.54, 1.807) is 23.2 Å². The van der Waals surface area contributed by atoms with E-state index >= 15 is 0 Å². The van der Waals surface area contributed by atoms with Crippen LogP contribution in [0.4, 0.5) is 10.5 Å². The Kier molecular flexibility index (Phi) is 3.70. The molecule has 22 heavy (non-hydrogen) atoms. The number of pyridine rings is 1. The van der Waals surface area contributed by atoms with Gasteiger partial charge in [0.25, 0.3) is 0 Å². The number of anilines is 1. The van der Waals surface area contributed by atoms with Crippen molar-refractivity contribution in [3.8, 4) is 0 Å². The highest BCUT2D eigenvalue weighted by Gasteiger charge is 2.28. The normalized spacial score (nSPS) is 15.7. The first kappa shape index (κ1) is 14.4. The van der Waals surface area contributed by atoms with Crippen LogP contribution in [0.25, 0.3) is 5.65 Å². The zero-order valence-corrected chi connectivity index (χ0v) is 12.7.